The SMILES string of the molecule is O=c1[nH]c(=O)n([C@@H]2O[C@H](COP(=O)(O)OP(=O)(O)OP(=O)(O)O)[C@@H](F)[C@H]2O)cc1F. The zero-order valence-corrected chi connectivity index (χ0v) is 16.7. The molecular formula is C9H13F2N2O14P3. The molecule has 21 heteroatoms. The first kappa shape index (κ1) is 25.1. The highest BCUT2D eigenvalue weighted by Crippen LogP contribution is 2.66. The van der Waals surface area contributed by atoms with Crippen molar-refractivity contribution in [3.8, 4) is 0 Å². The summed E-state index contributed by atoms with van der Waals surface area (Å²) in [5, 5.41) is 9.83. The molecule has 0 bridgehead atoms. The third kappa shape index (κ3) is 6.43. The molecule has 2 rings (SSSR count). The van der Waals surface area contributed by atoms with Gasteiger partial charge in [0.1, 0.15) is 12.2 Å². The second-order valence-electron chi connectivity index (χ2n) is 5.53. The van der Waals surface area contributed by atoms with Crippen LogP contribution in [0.2, 0.25) is 0 Å². The van der Waals surface area contributed by atoms with Gasteiger partial charge in [-0.15, -0.1) is 0 Å². The van der Waals surface area contributed by atoms with E-state index in [4.69, 9.17) is 19.4 Å². The monoisotopic (exact) mass is 504 g/mol. The number of nitrogens with one attached hydrogen (secondary N) is 1. The molecule has 30 heavy (non-hydrogen) atoms. The van der Waals surface area contributed by atoms with E-state index in [0.717, 1.165) is 0 Å². The standard InChI is InChI=1S/C9H13F2N2O14P3/c10-3-1-13(9(16)12-7(3)15)8-6(14)5(11)4(25-8)2-24-29(20,21)27-30(22,23)26-28(17,18)19/h1,4-6,8,14H,2H2,(H,20,21)(H,22,23)(H,12,15,16)(H2,17,18,19)/t4-,5-,6-,8-/m1/s1. The number of nitrogens with zero attached hydrogens (tertiary/aromatic N) is 1. The molecule has 1 aromatic rings. The van der Waals surface area contributed by atoms with Gasteiger partial charge in [0.15, 0.2) is 12.4 Å². The normalized spacial score (nSPS) is 28.8. The Balaban J connectivity index is 2.09. The van der Waals surface area contributed by atoms with Gasteiger partial charge in [-0.05, 0) is 0 Å². The summed E-state index contributed by atoms with van der Waals surface area (Å²) in [6.45, 7) is -1.26. The third-order valence-electron chi connectivity index (χ3n) is 3.30. The minimum atomic E-state index is -5.81. The molecule has 6 atom stereocenters. The van der Waals surface area contributed by atoms with Crippen molar-refractivity contribution in [1.29, 1.82) is 0 Å². The summed E-state index contributed by atoms with van der Waals surface area (Å²) in [7, 11) is -17.0. The van der Waals surface area contributed by atoms with Crippen LogP contribution in [-0.2, 0) is 31.6 Å². The lowest BCUT2D eigenvalue weighted by atomic mass is 10.1. The average Bonchev–Trinajstić information content (AvgIpc) is 2.81. The van der Waals surface area contributed by atoms with E-state index in [9.17, 15) is 42.1 Å². The second-order valence-corrected chi connectivity index (χ2v) is 9.95. The molecule has 16 nitrogen and oxygen atoms in total. The number of hydrogen-bond acceptors (Lipinski definition) is 10. The fourth-order valence-corrected chi connectivity index (χ4v) is 5.22. The first-order valence-electron chi connectivity index (χ1n) is 7.28. The van der Waals surface area contributed by atoms with E-state index in [1.165, 1.54) is 4.98 Å². The summed E-state index contributed by atoms with van der Waals surface area (Å²) in [5.41, 5.74) is -2.68. The fraction of sp³-hybridized carbons (Fsp3) is 0.556. The van der Waals surface area contributed by atoms with Crippen LogP contribution in [0.3, 0.4) is 0 Å². The number of halogens is 2. The maximum atomic E-state index is 14.2. The van der Waals surface area contributed by atoms with Gasteiger partial charge in [-0.3, -0.25) is 18.9 Å². The van der Waals surface area contributed by atoms with E-state index in [2.05, 4.69) is 13.1 Å². The highest BCUT2D eigenvalue weighted by Gasteiger charge is 2.48. The van der Waals surface area contributed by atoms with Crippen LogP contribution >= 0.6 is 23.5 Å². The van der Waals surface area contributed by atoms with E-state index in [1.807, 2.05) is 0 Å². The highest BCUT2D eigenvalue weighted by molar-refractivity contribution is 7.66. The number of aliphatic hydroxyl groups excluding tert-OH is 1. The van der Waals surface area contributed by atoms with Crippen molar-refractivity contribution >= 4 is 23.5 Å². The molecule has 2 heterocycles. The van der Waals surface area contributed by atoms with Crippen LogP contribution in [0.1, 0.15) is 6.23 Å². The zero-order valence-electron chi connectivity index (χ0n) is 14.0. The minimum Gasteiger partial charge on any atom is -0.385 e. The largest absolute Gasteiger partial charge is 0.490 e. The smallest absolute Gasteiger partial charge is 0.385 e. The number of phosphoric acid groups is 3. The number of aromatic nitrogens is 2. The van der Waals surface area contributed by atoms with Gasteiger partial charge < -0.3 is 29.4 Å². The number of rotatable bonds is 8. The number of aromatic amines is 1. The Morgan fingerprint density at radius 1 is 1.13 bits per heavy atom. The molecule has 6 N–H and O–H groups in total. The van der Waals surface area contributed by atoms with Crippen LogP contribution < -0.4 is 11.2 Å². The van der Waals surface area contributed by atoms with Gasteiger partial charge in [-0.1, -0.05) is 0 Å². The summed E-state index contributed by atoms with van der Waals surface area (Å²) in [6.07, 6.45) is -8.08. The predicted octanol–water partition coefficient (Wildman–Crippen LogP) is -1.38. The molecule has 0 saturated carbocycles. The first-order valence-corrected chi connectivity index (χ1v) is 11.8. The molecule has 0 radical (unpaired) electrons. The zero-order chi connectivity index (χ0) is 23.1. The molecule has 0 spiro atoms. The number of ether oxygens (including phenoxy) is 1. The molecule has 0 amide bonds. The molecule has 0 aliphatic carbocycles. The Hall–Kier alpha value is -1.13. The molecule has 1 saturated heterocycles. The summed E-state index contributed by atoms with van der Waals surface area (Å²) in [5.74, 6) is -1.47. The van der Waals surface area contributed by atoms with Gasteiger partial charge in [0, 0.05) is 0 Å². The van der Waals surface area contributed by atoms with Gasteiger partial charge in [0.25, 0.3) is 5.56 Å². The number of phosphoric ester groups is 1. The Kier molecular flexibility index (Phi) is 7.36. The van der Waals surface area contributed by atoms with Gasteiger partial charge in [0.05, 0.1) is 12.8 Å². The Bertz CT molecular complexity index is 1050. The van der Waals surface area contributed by atoms with Gasteiger partial charge in [-0.2, -0.15) is 13.0 Å². The molecule has 1 aromatic heterocycles. The van der Waals surface area contributed by atoms with Crippen molar-refractivity contribution < 1.29 is 65.0 Å². The number of alkyl halides is 1. The van der Waals surface area contributed by atoms with Crippen molar-refractivity contribution in [2.24, 2.45) is 0 Å². The quantitative estimate of drug-likeness (QED) is 0.224. The van der Waals surface area contributed by atoms with E-state index in [0.29, 0.717) is 10.8 Å². The molecular weight excluding hydrogens is 491 g/mol. The maximum Gasteiger partial charge on any atom is 0.490 e. The summed E-state index contributed by atoms with van der Waals surface area (Å²) in [6, 6.07) is 0. The average molecular weight is 504 g/mol. The number of aliphatic hydroxyl groups is 1. The molecule has 172 valence electrons. The van der Waals surface area contributed by atoms with E-state index in [1.54, 1.807) is 0 Å². The maximum absolute atomic E-state index is 14.2. The van der Waals surface area contributed by atoms with Crippen molar-refractivity contribution in [1.82, 2.24) is 9.55 Å². The lowest BCUT2D eigenvalue weighted by Gasteiger charge is -2.18. The molecule has 1 fully saturated rings. The van der Waals surface area contributed by atoms with Crippen LogP contribution in [0.15, 0.2) is 15.8 Å². The van der Waals surface area contributed by atoms with Crippen molar-refractivity contribution in [3.63, 3.8) is 0 Å². The van der Waals surface area contributed by atoms with Crippen LogP contribution in [0, 0.1) is 5.82 Å². The van der Waals surface area contributed by atoms with Gasteiger partial charge in [-0.25, -0.2) is 22.9 Å². The van der Waals surface area contributed by atoms with Crippen molar-refractivity contribution in [3.05, 3.63) is 32.9 Å². The minimum absolute atomic E-state index is 0.290. The van der Waals surface area contributed by atoms with Gasteiger partial charge in [0.2, 0.25) is 5.82 Å². The summed E-state index contributed by atoms with van der Waals surface area (Å²) < 4.78 is 77.1. The second kappa shape index (κ2) is 8.78. The van der Waals surface area contributed by atoms with E-state index < -0.39 is 71.7 Å². The molecule has 1 aliphatic heterocycles. The summed E-state index contributed by atoms with van der Waals surface area (Å²) >= 11 is 0. The molecule has 2 unspecified atom stereocenters. The first-order chi connectivity index (χ1) is 13.5. The Morgan fingerprint density at radius 2 is 1.73 bits per heavy atom. The Labute approximate surface area is 163 Å². The van der Waals surface area contributed by atoms with E-state index >= 15 is 0 Å². The van der Waals surface area contributed by atoms with E-state index in [-0.39, 0.29) is 0 Å². The summed E-state index contributed by atoms with van der Waals surface area (Å²) in [4.78, 5) is 59.3. The molecule has 1 aliphatic rings. The molecule has 0 aromatic carbocycles. The van der Waals surface area contributed by atoms with Crippen molar-refractivity contribution in [2.45, 2.75) is 24.6 Å². The number of hydrogen-bond donors (Lipinski definition) is 6. The Morgan fingerprint density at radius 3 is 2.30 bits per heavy atom. The van der Waals surface area contributed by atoms with Crippen LogP contribution in [0.25, 0.3) is 0 Å². The van der Waals surface area contributed by atoms with Crippen LogP contribution in [0.5, 0.6) is 0 Å². The lowest BCUT2D eigenvalue weighted by Crippen LogP contribution is -2.37. The van der Waals surface area contributed by atoms with Crippen LogP contribution in [0.4, 0.5) is 8.78 Å². The van der Waals surface area contributed by atoms with Gasteiger partial charge >= 0.3 is 29.2 Å². The van der Waals surface area contributed by atoms with Crippen molar-refractivity contribution in [2.75, 3.05) is 6.61 Å². The topological polar surface area (TPSA) is 244 Å². The predicted molar refractivity (Wildman–Crippen MR) is 85.9 cm³/mol. The van der Waals surface area contributed by atoms with Crippen LogP contribution in [-0.4, -0.2) is 59.2 Å². The third-order valence-corrected chi connectivity index (χ3v) is 7.11. The fourth-order valence-electron chi connectivity index (χ4n) is 2.19. The lowest BCUT2D eigenvalue weighted by molar-refractivity contribution is -0.0535. The number of H-pyrrole nitrogens is 1. The highest BCUT2D eigenvalue weighted by atomic mass is 31.3.